The highest BCUT2D eigenvalue weighted by Gasteiger charge is 2.28. The molecule has 5 nitrogen and oxygen atoms in total. The fraction of sp³-hybridized carbons (Fsp3) is 0.0658. The van der Waals surface area contributed by atoms with Gasteiger partial charge in [-0.3, -0.25) is 0 Å². The number of aromatic nitrogens is 1. The summed E-state index contributed by atoms with van der Waals surface area (Å²) < 4.78 is 2.50. The summed E-state index contributed by atoms with van der Waals surface area (Å²) in [7, 11) is 0. The first-order valence-electron chi connectivity index (χ1n) is 28.0. The van der Waals surface area contributed by atoms with Crippen molar-refractivity contribution in [1.29, 1.82) is 0 Å². The van der Waals surface area contributed by atoms with Crippen LogP contribution in [-0.4, -0.2) is 4.57 Å². The lowest BCUT2D eigenvalue weighted by atomic mass is 9.96. The van der Waals surface area contributed by atoms with Crippen LogP contribution in [0.1, 0.15) is 35.2 Å². The van der Waals surface area contributed by atoms with E-state index in [9.17, 15) is 0 Å². The lowest BCUT2D eigenvalue weighted by Gasteiger charge is -2.33. The first-order valence-corrected chi connectivity index (χ1v) is 28.0. The van der Waals surface area contributed by atoms with Crippen LogP contribution in [0.4, 0.5) is 62.6 Å². The van der Waals surface area contributed by atoms with E-state index in [4.69, 9.17) is 0 Å². The molecule has 390 valence electrons. The number of para-hydroxylation sites is 5. The molecule has 0 unspecified atom stereocenters. The summed E-state index contributed by atoms with van der Waals surface area (Å²) in [5, 5.41) is 3.57. The molecule has 11 aromatic carbocycles. The van der Waals surface area contributed by atoms with Crippen molar-refractivity contribution in [2.45, 2.75) is 32.6 Å². The molecule has 81 heavy (non-hydrogen) atoms. The predicted octanol–water partition coefficient (Wildman–Crippen LogP) is 20.9. The molecular formula is C76H61N5. The third-order valence-electron chi connectivity index (χ3n) is 15.6. The second-order valence-corrected chi connectivity index (χ2v) is 20.7. The van der Waals surface area contributed by atoms with Gasteiger partial charge in [0.25, 0.3) is 0 Å². The Morgan fingerprint density at radius 1 is 0.420 bits per heavy atom. The van der Waals surface area contributed by atoms with Crippen LogP contribution in [0.25, 0.3) is 33.4 Å². The van der Waals surface area contributed by atoms with Gasteiger partial charge >= 0.3 is 0 Å². The molecule has 0 spiro atoms. The normalized spacial score (nSPS) is 11.8. The van der Waals surface area contributed by atoms with Crippen LogP contribution < -0.4 is 19.6 Å². The largest absolute Gasteiger partial charge is 0.314 e. The predicted molar refractivity (Wildman–Crippen MR) is 343 cm³/mol. The van der Waals surface area contributed by atoms with Crippen molar-refractivity contribution in [2.24, 2.45) is 0 Å². The zero-order valence-corrected chi connectivity index (χ0v) is 45.5. The third-order valence-corrected chi connectivity index (χ3v) is 15.6. The Kier molecular flexibility index (Phi) is 14.0. The minimum Gasteiger partial charge on any atom is -0.314 e. The zero-order chi connectivity index (χ0) is 54.5. The van der Waals surface area contributed by atoms with E-state index in [2.05, 4.69) is 329 Å². The molecule has 5 heteroatoms. The van der Waals surface area contributed by atoms with E-state index in [1.807, 2.05) is 6.08 Å². The maximum atomic E-state index is 3.90. The zero-order valence-electron chi connectivity index (χ0n) is 45.5. The Labute approximate surface area is 475 Å². The standard InChI is InChI=1S/C76H61N5/c1-3-4-9-26-58-27-19-21-39-73(58)79(65-45-43-64(44-46-65)78(61-33-14-7-15-34-61)67-37-22-24-56(2)53-67)68-49-51-75-71(54-68)72-55-69(50-52-76(72)81(75)62-35-16-8-17-36-62)80(74-40-23-28-57-25-18-20-38-70(57)74)66-47-41-63(42-48-66)77(59-29-10-5-11-30-59)60-31-12-6-13-32-60/h4-8,10-25,27-48,50,52-55H,1,9,26,49,51H2,2H3. The van der Waals surface area contributed by atoms with E-state index in [1.165, 1.54) is 55.4 Å². The molecule has 12 aromatic rings. The molecule has 0 fully saturated rings. The lowest BCUT2D eigenvalue weighted by molar-refractivity contribution is 0.835. The van der Waals surface area contributed by atoms with Crippen molar-refractivity contribution in [1.82, 2.24) is 4.57 Å². The van der Waals surface area contributed by atoms with Gasteiger partial charge in [0.2, 0.25) is 0 Å². The molecule has 1 aliphatic carbocycles. The van der Waals surface area contributed by atoms with Crippen molar-refractivity contribution < 1.29 is 0 Å². The molecule has 0 saturated carbocycles. The topological polar surface area (TPSA) is 17.9 Å². The number of aryl methyl sites for hydroxylation is 2. The molecule has 0 radical (unpaired) electrons. The number of allylic oxidation sites excluding steroid dienone is 2. The van der Waals surface area contributed by atoms with Crippen molar-refractivity contribution in [2.75, 3.05) is 19.6 Å². The van der Waals surface area contributed by atoms with E-state index in [0.29, 0.717) is 0 Å². The molecule has 0 atom stereocenters. The van der Waals surface area contributed by atoms with Gasteiger partial charge in [-0.1, -0.05) is 146 Å². The SMILES string of the molecule is C=C=CCCc1ccccc1N(C1=Cc2c(n(-c3ccccc3)c3ccc(N(c4ccc(N(c5ccccc5)c5ccccc5)cc4)c4cccc5ccccc45)cc23)CC1)c1ccc(N(c2ccccc2)c2cccc(C)c2)cc1. The van der Waals surface area contributed by atoms with Crippen LogP contribution >= 0.6 is 0 Å². The molecule has 1 heterocycles. The number of rotatable bonds is 16. The molecule has 1 aromatic heterocycles. The summed E-state index contributed by atoms with van der Waals surface area (Å²) in [6, 6.07) is 101. The van der Waals surface area contributed by atoms with Gasteiger partial charge in [-0.15, -0.1) is 5.73 Å². The number of hydrogen-bond donors (Lipinski definition) is 0. The molecule has 0 aliphatic heterocycles. The minimum absolute atomic E-state index is 0.836. The molecular weight excluding hydrogens is 983 g/mol. The Morgan fingerprint density at radius 3 is 1.54 bits per heavy atom. The van der Waals surface area contributed by atoms with Gasteiger partial charge in [0.15, 0.2) is 0 Å². The molecule has 0 bridgehead atoms. The summed E-state index contributed by atoms with van der Waals surface area (Å²) in [6.45, 7) is 6.05. The Balaban J connectivity index is 0.981. The van der Waals surface area contributed by atoms with Gasteiger partial charge in [0.1, 0.15) is 0 Å². The maximum Gasteiger partial charge on any atom is 0.0540 e. The van der Waals surface area contributed by atoms with Crippen molar-refractivity contribution in [3.63, 3.8) is 0 Å². The minimum atomic E-state index is 0.836. The molecule has 13 rings (SSSR count). The molecule has 1 aliphatic rings. The summed E-state index contributed by atoms with van der Waals surface area (Å²) >= 11 is 0. The summed E-state index contributed by atoms with van der Waals surface area (Å²) in [5.41, 5.74) is 23.7. The highest BCUT2D eigenvalue weighted by Crippen LogP contribution is 2.47. The first kappa shape index (κ1) is 50.2. The van der Waals surface area contributed by atoms with Crippen LogP contribution in [0.15, 0.2) is 303 Å². The van der Waals surface area contributed by atoms with Gasteiger partial charge in [-0.25, -0.2) is 0 Å². The quantitative estimate of drug-likeness (QED) is 0.0897. The Bertz CT molecular complexity index is 4190. The van der Waals surface area contributed by atoms with Crippen molar-refractivity contribution >= 4 is 90.3 Å². The van der Waals surface area contributed by atoms with E-state index < -0.39 is 0 Å². The van der Waals surface area contributed by atoms with Crippen LogP contribution in [0.5, 0.6) is 0 Å². The maximum absolute atomic E-state index is 3.90. The number of nitrogens with zero attached hydrogens (tertiary/aromatic N) is 5. The summed E-state index contributed by atoms with van der Waals surface area (Å²) in [5.74, 6) is 0. The number of fused-ring (bicyclic) bond motifs is 4. The second-order valence-electron chi connectivity index (χ2n) is 20.7. The highest BCUT2D eigenvalue weighted by atomic mass is 15.2. The van der Waals surface area contributed by atoms with Gasteiger partial charge in [0.05, 0.1) is 11.2 Å². The van der Waals surface area contributed by atoms with E-state index in [1.54, 1.807) is 0 Å². The second kappa shape index (κ2) is 22.6. The first-order chi connectivity index (χ1) is 40.1. The fourth-order valence-electron chi connectivity index (χ4n) is 11.9. The van der Waals surface area contributed by atoms with Gasteiger partial charge < -0.3 is 24.2 Å². The summed E-state index contributed by atoms with van der Waals surface area (Å²) in [4.78, 5) is 9.63. The molecule has 0 amide bonds. The Hall–Kier alpha value is -10.3. The van der Waals surface area contributed by atoms with E-state index in [-0.39, 0.29) is 0 Å². The fourth-order valence-corrected chi connectivity index (χ4v) is 11.9. The van der Waals surface area contributed by atoms with E-state index >= 15 is 0 Å². The average molecular weight is 1040 g/mol. The highest BCUT2D eigenvalue weighted by molar-refractivity contribution is 6.02. The summed E-state index contributed by atoms with van der Waals surface area (Å²) in [6.07, 6.45) is 7.92. The van der Waals surface area contributed by atoms with Gasteiger partial charge in [0, 0.05) is 90.3 Å². The van der Waals surface area contributed by atoms with Crippen molar-refractivity contribution in [3.8, 4) is 5.69 Å². The molecule has 0 saturated heterocycles. The average Bonchev–Trinajstić information content (AvgIpc) is 4.13. The van der Waals surface area contributed by atoms with Crippen LogP contribution in [0.2, 0.25) is 0 Å². The van der Waals surface area contributed by atoms with E-state index in [0.717, 1.165) is 88.2 Å². The number of benzene rings is 11. The lowest BCUT2D eigenvalue weighted by Crippen LogP contribution is -2.21. The van der Waals surface area contributed by atoms with Crippen molar-refractivity contribution in [3.05, 3.63) is 326 Å². The molecule has 0 N–H and O–H groups in total. The number of hydrogen-bond acceptors (Lipinski definition) is 4. The van der Waals surface area contributed by atoms with Crippen LogP contribution in [0, 0.1) is 6.92 Å². The number of anilines is 11. The van der Waals surface area contributed by atoms with Crippen LogP contribution in [-0.2, 0) is 12.8 Å². The Morgan fingerprint density at radius 2 is 0.901 bits per heavy atom. The smallest absolute Gasteiger partial charge is 0.0540 e. The van der Waals surface area contributed by atoms with Gasteiger partial charge in [-0.05, 0) is 201 Å². The van der Waals surface area contributed by atoms with Gasteiger partial charge in [-0.2, -0.15) is 0 Å². The monoisotopic (exact) mass is 1040 g/mol. The van der Waals surface area contributed by atoms with Crippen LogP contribution in [0.3, 0.4) is 0 Å². The third kappa shape index (κ3) is 10.00.